The van der Waals surface area contributed by atoms with Crippen molar-refractivity contribution in [2.75, 3.05) is 33.8 Å². The van der Waals surface area contributed by atoms with E-state index in [1.165, 1.54) is 19.4 Å². The minimum Gasteiger partial charge on any atom is -0.465 e. The molecule has 1 heterocycles. The fourth-order valence-corrected chi connectivity index (χ4v) is 2.59. The average molecular weight is 242 g/mol. The topological polar surface area (TPSA) is 32.8 Å². The zero-order chi connectivity index (χ0) is 12.8. The van der Waals surface area contributed by atoms with E-state index in [1.54, 1.807) is 0 Å². The molecule has 100 valence electrons. The molecule has 0 aromatic carbocycles. The number of hydrogen-bond acceptors (Lipinski definition) is 4. The van der Waals surface area contributed by atoms with E-state index in [9.17, 15) is 4.79 Å². The van der Waals surface area contributed by atoms with Gasteiger partial charge in [0.05, 0.1) is 6.61 Å². The van der Waals surface area contributed by atoms with Gasteiger partial charge in [-0.3, -0.25) is 9.69 Å². The standard InChI is InChI=1S/C13H26N2O2/c1-5-12(13(16)17-6-2)15(4)11-8-7-9-14(3)10-11/h11-12H,5-10H2,1-4H3. The van der Waals surface area contributed by atoms with E-state index in [0.717, 1.165) is 13.0 Å². The molecule has 4 nitrogen and oxygen atoms in total. The number of nitrogens with zero attached hydrogens (tertiary/aromatic N) is 2. The number of carbonyl (C=O) groups excluding carboxylic acids is 1. The van der Waals surface area contributed by atoms with E-state index >= 15 is 0 Å². The van der Waals surface area contributed by atoms with Crippen LogP contribution >= 0.6 is 0 Å². The van der Waals surface area contributed by atoms with E-state index in [1.807, 2.05) is 13.8 Å². The molecule has 1 rings (SSSR count). The summed E-state index contributed by atoms with van der Waals surface area (Å²) in [6.07, 6.45) is 3.21. The molecule has 0 aromatic heterocycles. The molecule has 1 aliphatic heterocycles. The Morgan fingerprint density at radius 3 is 2.76 bits per heavy atom. The molecular formula is C13H26N2O2. The predicted octanol–water partition coefficient (Wildman–Crippen LogP) is 1.35. The van der Waals surface area contributed by atoms with Gasteiger partial charge in [-0.1, -0.05) is 6.92 Å². The first-order valence-electron chi connectivity index (χ1n) is 6.67. The third kappa shape index (κ3) is 3.96. The lowest BCUT2D eigenvalue weighted by molar-refractivity contribution is -0.150. The number of piperidine rings is 1. The van der Waals surface area contributed by atoms with E-state index in [0.29, 0.717) is 12.6 Å². The highest BCUT2D eigenvalue weighted by molar-refractivity contribution is 5.75. The van der Waals surface area contributed by atoms with Crippen LogP contribution in [0, 0.1) is 0 Å². The highest BCUT2D eigenvalue weighted by Crippen LogP contribution is 2.17. The molecule has 0 aromatic rings. The second kappa shape index (κ2) is 6.97. The molecule has 0 bridgehead atoms. The molecule has 4 heteroatoms. The minimum atomic E-state index is -0.0913. The van der Waals surface area contributed by atoms with E-state index < -0.39 is 0 Å². The number of rotatable bonds is 5. The Bertz CT molecular complexity index is 246. The molecule has 1 fully saturated rings. The van der Waals surface area contributed by atoms with Gasteiger partial charge in [0.15, 0.2) is 0 Å². The predicted molar refractivity (Wildman–Crippen MR) is 69.0 cm³/mol. The van der Waals surface area contributed by atoms with Crippen LogP contribution in [0.1, 0.15) is 33.1 Å². The van der Waals surface area contributed by atoms with Gasteiger partial charge in [0.25, 0.3) is 0 Å². The van der Waals surface area contributed by atoms with Gasteiger partial charge >= 0.3 is 5.97 Å². The van der Waals surface area contributed by atoms with Crippen LogP contribution in [0.3, 0.4) is 0 Å². The van der Waals surface area contributed by atoms with Gasteiger partial charge in [-0.15, -0.1) is 0 Å². The van der Waals surface area contributed by atoms with Crippen LogP contribution in [0.2, 0.25) is 0 Å². The molecule has 17 heavy (non-hydrogen) atoms. The van der Waals surface area contributed by atoms with Crippen molar-refractivity contribution < 1.29 is 9.53 Å². The van der Waals surface area contributed by atoms with Crippen molar-refractivity contribution in [1.82, 2.24) is 9.80 Å². The van der Waals surface area contributed by atoms with Gasteiger partial charge in [0.1, 0.15) is 6.04 Å². The highest BCUT2D eigenvalue weighted by atomic mass is 16.5. The molecule has 0 spiro atoms. The molecule has 0 N–H and O–H groups in total. The van der Waals surface area contributed by atoms with Crippen LogP contribution < -0.4 is 0 Å². The van der Waals surface area contributed by atoms with Gasteiger partial charge in [-0.05, 0) is 46.8 Å². The minimum absolute atomic E-state index is 0.0780. The first-order chi connectivity index (χ1) is 8.10. The van der Waals surface area contributed by atoms with Gasteiger partial charge in [-0.2, -0.15) is 0 Å². The smallest absolute Gasteiger partial charge is 0.323 e. The quantitative estimate of drug-likeness (QED) is 0.681. The summed E-state index contributed by atoms with van der Waals surface area (Å²) in [7, 11) is 4.19. The molecule has 0 radical (unpaired) electrons. The van der Waals surface area contributed by atoms with Crippen LogP contribution in [-0.4, -0.2) is 61.6 Å². The summed E-state index contributed by atoms with van der Waals surface area (Å²) in [5.41, 5.74) is 0. The van der Waals surface area contributed by atoms with E-state index in [4.69, 9.17) is 4.74 Å². The number of carbonyl (C=O) groups is 1. The number of esters is 1. The molecule has 0 saturated carbocycles. The normalized spacial score (nSPS) is 23.7. The summed E-state index contributed by atoms with van der Waals surface area (Å²) >= 11 is 0. The second-order valence-corrected chi connectivity index (χ2v) is 4.90. The van der Waals surface area contributed by atoms with Gasteiger partial charge in [0, 0.05) is 12.6 Å². The molecule has 2 unspecified atom stereocenters. The van der Waals surface area contributed by atoms with Crippen molar-refractivity contribution in [3.8, 4) is 0 Å². The van der Waals surface area contributed by atoms with Crippen LogP contribution in [0.15, 0.2) is 0 Å². The van der Waals surface area contributed by atoms with Crippen molar-refractivity contribution >= 4 is 5.97 Å². The van der Waals surface area contributed by atoms with Crippen molar-refractivity contribution in [3.05, 3.63) is 0 Å². The van der Waals surface area contributed by atoms with Crippen LogP contribution in [0.5, 0.6) is 0 Å². The molecular weight excluding hydrogens is 216 g/mol. The summed E-state index contributed by atoms with van der Waals surface area (Å²) in [5, 5.41) is 0. The first-order valence-corrected chi connectivity index (χ1v) is 6.67. The fourth-order valence-electron chi connectivity index (χ4n) is 2.59. The Balaban J connectivity index is 2.58. The third-order valence-electron chi connectivity index (χ3n) is 3.61. The average Bonchev–Trinajstić information content (AvgIpc) is 2.30. The Labute approximate surface area is 105 Å². The first kappa shape index (κ1) is 14.5. The summed E-state index contributed by atoms with van der Waals surface area (Å²) in [4.78, 5) is 16.4. The number of hydrogen-bond donors (Lipinski definition) is 0. The largest absolute Gasteiger partial charge is 0.465 e. The zero-order valence-corrected chi connectivity index (χ0v) is 11.6. The number of likely N-dealkylation sites (tertiary alicyclic amines) is 1. The fraction of sp³-hybridized carbons (Fsp3) is 0.923. The van der Waals surface area contributed by atoms with Crippen LogP contribution in [-0.2, 0) is 9.53 Å². The molecule has 0 aliphatic carbocycles. The molecule has 0 amide bonds. The Morgan fingerprint density at radius 1 is 1.53 bits per heavy atom. The van der Waals surface area contributed by atoms with Gasteiger partial charge < -0.3 is 9.64 Å². The lowest BCUT2D eigenvalue weighted by Crippen LogP contribution is -2.51. The number of ether oxygens (including phenoxy) is 1. The molecule has 2 atom stereocenters. The van der Waals surface area contributed by atoms with Crippen molar-refractivity contribution in [3.63, 3.8) is 0 Å². The Hall–Kier alpha value is -0.610. The summed E-state index contributed by atoms with van der Waals surface area (Å²) in [6, 6.07) is 0.384. The second-order valence-electron chi connectivity index (χ2n) is 4.90. The zero-order valence-electron chi connectivity index (χ0n) is 11.6. The third-order valence-corrected chi connectivity index (χ3v) is 3.61. The van der Waals surface area contributed by atoms with Gasteiger partial charge in [0.2, 0.25) is 0 Å². The molecule has 1 aliphatic rings. The van der Waals surface area contributed by atoms with Crippen LogP contribution in [0.4, 0.5) is 0 Å². The Kier molecular flexibility index (Phi) is 5.92. The SMILES string of the molecule is CCOC(=O)C(CC)N(C)C1CCCN(C)C1. The maximum Gasteiger partial charge on any atom is 0.323 e. The van der Waals surface area contributed by atoms with Crippen molar-refractivity contribution in [1.29, 1.82) is 0 Å². The maximum atomic E-state index is 11.9. The van der Waals surface area contributed by atoms with Crippen LogP contribution in [0.25, 0.3) is 0 Å². The van der Waals surface area contributed by atoms with Gasteiger partial charge in [-0.25, -0.2) is 0 Å². The summed E-state index contributed by atoms with van der Waals surface area (Å²) in [5.74, 6) is -0.0780. The molecule has 1 saturated heterocycles. The number of likely N-dealkylation sites (N-methyl/N-ethyl adjacent to an activating group) is 2. The highest BCUT2D eigenvalue weighted by Gasteiger charge is 2.30. The lowest BCUT2D eigenvalue weighted by Gasteiger charge is -2.38. The lowest BCUT2D eigenvalue weighted by atomic mass is 10.0. The van der Waals surface area contributed by atoms with Crippen molar-refractivity contribution in [2.45, 2.75) is 45.2 Å². The summed E-state index contributed by atoms with van der Waals surface area (Å²) in [6.45, 7) is 6.59. The summed E-state index contributed by atoms with van der Waals surface area (Å²) < 4.78 is 5.14. The van der Waals surface area contributed by atoms with E-state index in [-0.39, 0.29) is 12.0 Å². The monoisotopic (exact) mass is 242 g/mol. The maximum absolute atomic E-state index is 11.9. The van der Waals surface area contributed by atoms with Crippen molar-refractivity contribution in [2.24, 2.45) is 0 Å². The van der Waals surface area contributed by atoms with E-state index in [2.05, 4.69) is 23.9 Å². The Morgan fingerprint density at radius 2 is 2.24 bits per heavy atom.